The lowest BCUT2D eigenvalue weighted by atomic mass is 9.78. The van der Waals surface area contributed by atoms with Crippen molar-refractivity contribution in [2.45, 2.75) is 36.8 Å². The fourth-order valence-electron chi connectivity index (χ4n) is 5.38. The van der Waals surface area contributed by atoms with Crippen LogP contribution in [0.15, 0.2) is 84.9 Å². The Bertz CT molecular complexity index is 957. The molecule has 1 aliphatic rings. The number of likely N-dealkylation sites (tertiary alicyclic amines) is 1. The van der Waals surface area contributed by atoms with Gasteiger partial charge in [-0.05, 0) is 75.1 Å². The number of benzene rings is 3. The van der Waals surface area contributed by atoms with Crippen LogP contribution in [-0.4, -0.2) is 48.6 Å². The third-order valence-electron chi connectivity index (χ3n) is 7.34. The molecule has 0 aromatic heterocycles. The zero-order valence-electron chi connectivity index (χ0n) is 19.8. The minimum absolute atomic E-state index is 0.164. The number of hydrogen-bond acceptors (Lipinski definition) is 3. The van der Waals surface area contributed by atoms with Crippen LogP contribution in [0.1, 0.15) is 42.4 Å². The Hall–Kier alpha value is -2.17. The number of nitrogens with zero attached hydrogens (tertiary/aromatic N) is 2. The van der Waals surface area contributed by atoms with Crippen molar-refractivity contribution in [2.24, 2.45) is 0 Å². The third-order valence-corrected chi connectivity index (χ3v) is 7.60. The van der Waals surface area contributed by atoms with E-state index in [1.54, 1.807) is 0 Å². The van der Waals surface area contributed by atoms with Gasteiger partial charge in [0.1, 0.15) is 0 Å². The summed E-state index contributed by atoms with van der Waals surface area (Å²) in [5, 5.41) is 11.9. The first-order chi connectivity index (χ1) is 15.9. The van der Waals surface area contributed by atoms with Gasteiger partial charge in [-0.3, -0.25) is 4.90 Å². The molecule has 0 aliphatic carbocycles. The van der Waals surface area contributed by atoms with E-state index in [1.807, 2.05) is 24.3 Å². The molecule has 1 aliphatic heterocycles. The Labute approximate surface area is 203 Å². The summed E-state index contributed by atoms with van der Waals surface area (Å²) in [6.45, 7) is 2.85. The molecule has 174 valence electrons. The molecule has 0 radical (unpaired) electrons. The van der Waals surface area contributed by atoms with Crippen molar-refractivity contribution in [1.29, 1.82) is 0 Å². The van der Waals surface area contributed by atoms with E-state index < -0.39 is 5.60 Å². The maximum atomic E-state index is 11.2. The van der Waals surface area contributed by atoms with Crippen molar-refractivity contribution in [1.82, 2.24) is 9.80 Å². The van der Waals surface area contributed by atoms with Gasteiger partial charge in [-0.15, -0.1) is 0 Å². The smallest absolute Gasteiger partial charge is 0.0920 e. The van der Waals surface area contributed by atoms with E-state index in [4.69, 9.17) is 11.6 Å². The highest BCUT2D eigenvalue weighted by molar-refractivity contribution is 6.30. The van der Waals surface area contributed by atoms with Crippen LogP contribution >= 0.6 is 11.6 Å². The van der Waals surface area contributed by atoms with E-state index in [0.29, 0.717) is 5.02 Å². The van der Waals surface area contributed by atoms with Crippen LogP contribution in [-0.2, 0) is 11.1 Å². The molecule has 1 saturated heterocycles. The Morgan fingerprint density at radius 2 is 1.36 bits per heavy atom. The second-order valence-corrected chi connectivity index (χ2v) is 9.91. The van der Waals surface area contributed by atoms with E-state index in [0.717, 1.165) is 50.9 Å². The minimum atomic E-state index is -0.747. The van der Waals surface area contributed by atoms with Crippen molar-refractivity contribution in [3.05, 3.63) is 107 Å². The van der Waals surface area contributed by atoms with E-state index >= 15 is 0 Å². The second-order valence-electron chi connectivity index (χ2n) is 9.47. The summed E-state index contributed by atoms with van der Waals surface area (Å²) in [6.07, 6.45) is 3.63. The molecule has 3 nitrogen and oxygen atoms in total. The van der Waals surface area contributed by atoms with Crippen LogP contribution in [0.5, 0.6) is 0 Å². The Morgan fingerprint density at radius 1 is 0.848 bits per heavy atom. The van der Waals surface area contributed by atoms with Gasteiger partial charge in [-0.25, -0.2) is 0 Å². The summed E-state index contributed by atoms with van der Waals surface area (Å²) in [4.78, 5) is 4.87. The van der Waals surface area contributed by atoms with Crippen molar-refractivity contribution in [3.8, 4) is 0 Å². The Kier molecular flexibility index (Phi) is 7.55. The predicted octanol–water partition coefficient (Wildman–Crippen LogP) is 5.91. The molecular weight excluding hydrogens is 428 g/mol. The molecule has 4 rings (SSSR count). The molecule has 1 fully saturated rings. The maximum Gasteiger partial charge on any atom is 0.0920 e. The van der Waals surface area contributed by atoms with Gasteiger partial charge < -0.3 is 10.0 Å². The van der Waals surface area contributed by atoms with Gasteiger partial charge in [0.2, 0.25) is 0 Å². The summed E-state index contributed by atoms with van der Waals surface area (Å²) >= 11 is 6.03. The average Bonchev–Trinajstić information content (AvgIpc) is 2.84. The zero-order chi connectivity index (χ0) is 23.3. The van der Waals surface area contributed by atoms with Crippen LogP contribution in [0.3, 0.4) is 0 Å². The molecular formula is C29H35ClN2O. The third kappa shape index (κ3) is 5.17. The maximum absolute atomic E-state index is 11.2. The molecule has 3 aromatic carbocycles. The molecule has 0 spiro atoms. The minimum Gasteiger partial charge on any atom is -0.385 e. The highest BCUT2D eigenvalue weighted by Gasteiger charge is 2.37. The SMILES string of the molecule is CN(C)C(CCCN1CCC(O)(c2ccc(Cl)cc2)CC1)(c1ccccc1)c1ccccc1. The lowest BCUT2D eigenvalue weighted by Crippen LogP contribution is -2.45. The largest absolute Gasteiger partial charge is 0.385 e. The quantitative estimate of drug-likeness (QED) is 0.450. The van der Waals surface area contributed by atoms with Crippen molar-refractivity contribution < 1.29 is 5.11 Å². The number of aliphatic hydroxyl groups is 1. The van der Waals surface area contributed by atoms with Crippen molar-refractivity contribution >= 4 is 11.6 Å². The van der Waals surface area contributed by atoms with Crippen LogP contribution in [0, 0.1) is 0 Å². The summed E-state index contributed by atoms with van der Waals surface area (Å²) in [5.41, 5.74) is 2.73. The highest BCUT2D eigenvalue weighted by Crippen LogP contribution is 2.39. The first kappa shape index (κ1) is 24.0. The monoisotopic (exact) mass is 462 g/mol. The topological polar surface area (TPSA) is 26.7 Å². The molecule has 3 aromatic rings. The van der Waals surface area contributed by atoms with Gasteiger partial charge in [0.15, 0.2) is 0 Å². The average molecular weight is 463 g/mol. The fraction of sp³-hybridized carbons (Fsp3) is 0.379. The molecule has 1 heterocycles. The van der Waals surface area contributed by atoms with E-state index in [1.165, 1.54) is 11.1 Å². The standard InChI is InChI=1S/C29H35ClN2O/c1-31(2)29(25-10-5-3-6-11-25,26-12-7-4-8-13-26)18-9-21-32-22-19-28(33,20-23-32)24-14-16-27(30)17-15-24/h3-8,10-17,33H,9,18-23H2,1-2H3. The van der Waals surface area contributed by atoms with Gasteiger partial charge >= 0.3 is 0 Å². The van der Waals surface area contributed by atoms with Gasteiger partial charge in [-0.2, -0.15) is 0 Å². The lowest BCUT2D eigenvalue weighted by molar-refractivity contribution is -0.0266. The first-order valence-electron chi connectivity index (χ1n) is 11.9. The van der Waals surface area contributed by atoms with Crippen LogP contribution < -0.4 is 0 Å². The normalized spacial score (nSPS) is 16.8. The Balaban J connectivity index is 1.44. The zero-order valence-corrected chi connectivity index (χ0v) is 20.5. The molecule has 0 atom stereocenters. The van der Waals surface area contributed by atoms with Crippen molar-refractivity contribution in [2.75, 3.05) is 33.7 Å². The van der Waals surface area contributed by atoms with E-state index in [-0.39, 0.29) is 5.54 Å². The number of piperidine rings is 1. The fourth-order valence-corrected chi connectivity index (χ4v) is 5.50. The van der Waals surface area contributed by atoms with Gasteiger partial charge in [0.05, 0.1) is 11.1 Å². The van der Waals surface area contributed by atoms with Crippen LogP contribution in [0.25, 0.3) is 0 Å². The van der Waals surface area contributed by atoms with Gasteiger partial charge in [0, 0.05) is 18.1 Å². The van der Waals surface area contributed by atoms with Crippen molar-refractivity contribution in [3.63, 3.8) is 0 Å². The van der Waals surface area contributed by atoms with Gasteiger partial charge in [0.25, 0.3) is 0 Å². The van der Waals surface area contributed by atoms with Crippen LogP contribution in [0.2, 0.25) is 5.02 Å². The molecule has 4 heteroatoms. The first-order valence-corrected chi connectivity index (χ1v) is 12.3. The Morgan fingerprint density at radius 3 is 1.85 bits per heavy atom. The summed E-state index contributed by atoms with van der Waals surface area (Å²) in [5.74, 6) is 0. The highest BCUT2D eigenvalue weighted by atomic mass is 35.5. The lowest BCUT2D eigenvalue weighted by Gasteiger charge is -2.43. The number of halogens is 1. The molecule has 1 N–H and O–H groups in total. The predicted molar refractivity (Wildman–Crippen MR) is 138 cm³/mol. The summed E-state index contributed by atoms with van der Waals surface area (Å²) in [7, 11) is 4.38. The molecule has 0 amide bonds. The number of rotatable bonds is 8. The molecule has 0 saturated carbocycles. The molecule has 33 heavy (non-hydrogen) atoms. The summed E-state index contributed by atoms with van der Waals surface area (Å²) < 4.78 is 0. The van der Waals surface area contributed by atoms with Crippen LogP contribution in [0.4, 0.5) is 0 Å². The van der Waals surface area contributed by atoms with E-state index in [9.17, 15) is 5.11 Å². The number of hydrogen-bond donors (Lipinski definition) is 1. The molecule has 0 unspecified atom stereocenters. The molecule has 0 bridgehead atoms. The summed E-state index contributed by atoms with van der Waals surface area (Å²) in [6, 6.07) is 29.4. The second kappa shape index (κ2) is 10.4. The van der Waals surface area contributed by atoms with E-state index in [2.05, 4.69) is 84.6 Å². The van der Waals surface area contributed by atoms with Gasteiger partial charge in [-0.1, -0.05) is 84.4 Å².